The Bertz CT molecular complexity index is 761. The minimum absolute atomic E-state index is 0.0536. The van der Waals surface area contributed by atoms with Crippen molar-refractivity contribution in [3.8, 4) is 0 Å². The van der Waals surface area contributed by atoms with Crippen LogP contribution in [0.3, 0.4) is 0 Å². The molecule has 0 fully saturated rings. The van der Waals surface area contributed by atoms with E-state index >= 15 is 0 Å². The molecule has 0 saturated heterocycles. The summed E-state index contributed by atoms with van der Waals surface area (Å²) >= 11 is 3.08. The molecule has 6 nitrogen and oxygen atoms in total. The molecule has 0 amide bonds. The third-order valence-corrected chi connectivity index (χ3v) is 4.15. The molecule has 0 aliphatic carbocycles. The Kier molecular flexibility index (Phi) is 7.30. The number of halogens is 2. The van der Waals surface area contributed by atoms with Crippen molar-refractivity contribution in [3.63, 3.8) is 0 Å². The van der Waals surface area contributed by atoms with E-state index in [-0.39, 0.29) is 22.5 Å². The van der Waals surface area contributed by atoms with E-state index in [1.54, 1.807) is 0 Å². The first kappa shape index (κ1) is 19.3. The second kappa shape index (κ2) is 9.45. The number of furan rings is 1. The van der Waals surface area contributed by atoms with Crippen LogP contribution in [0.1, 0.15) is 30.4 Å². The van der Waals surface area contributed by atoms with E-state index in [4.69, 9.17) is 10.2 Å². The van der Waals surface area contributed by atoms with Crippen molar-refractivity contribution in [1.82, 2.24) is 5.48 Å². The molecule has 0 atom stereocenters. The Balaban J connectivity index is 2.18. The summed E-state index contributed by atoms with van der Waals surface area (Å²) in [6.07, 6.45) is 4.99. The van der Waals surface area contributed by atoms with Gasteiger partial charge in [0, 0.05) is 18.4 Å². The molecular weight excluding hydrogens is 393 g/mol. The summed E-state index contributed by atoms with van der Waals surface area (Å²) in [6.45, 7) is 0.558. The number of nitrogens with one attached hydrogen (secondary N) is 1. The van der Waals surface area contributed by atoms with Gasteiger partial charge in [0.1, 0.15) is 17.9 Å². The number of hydroxylamine groups is 1. The molecule has 1 aromatic carbocycles. The normalized spacial score (nSPS) is 11.6. The maximum Gasteiger partial charge on any atom is 0.160 e. The molecular formula is C17H19BrFN3O3. The molecule has 0 bridgehead atoms. The fourth-order valence-corrected chi connectivity index (χ4v) is 2.63. The molecule has 0 spiro atoms. The van der Waals surface area contributed by atoms with Crippen molar-refractivity contribution >= 4 is 33.2 Å². The number of benzene rings is 1. The molecule has 0 radical (unpaired) electrons. The highest BCUT2D eigenvalue weighted by molar-refractivity contribution is 9.10. The van der Waals surface area contributed by atoms with Crippen molar-refractivity contribution in [2.24, 2.45) is 10.7 Å². The molecule has 2 aromatic rings. The lowest BCUT2D eigenvalue weighted by Gasteiger charge is -2.06. The largest absolute Gasteiger partial charge is 0.472 e. The monoisotopic (exact) mass is 411 g/mol. The van der Waals surface area contributed by atoms with Gasteiger partial charge in [0.15, 0.2) is 5.84 Å². The summed E-state index contributed by atoms with van der Waals surface area (Å²) in [4.78, 5) is 16.3. The van der Waals surface area contributed by atoms with E-state index in [0.29, 0.717) is 29.8 Å². The number of hydrogen-bond acceptors (Lipinski definition) is 5. The fourth-order valence-electron chi connectivity index (χ4n) is 2.26. The van der Waals surface area contributed by atoms with Crippen molar-refractivity contribution < 1.29 is 18.8 Å². The first-order valence-electron chi connectivity index (χ1n) is 7.76. The Morgan fingerprint density at radius 1 is 1.36 bits per heavy atom. The quantitative estimate of drug-likeness (QED) is 0.267. The molecule has 1 aromatic heterocycles. The summed E-state index contributed by atoms with van der Waals surface area (Å²) < 4.78 is 18.7. The third-order valence-electron chi connectivity index (χ3n) is 3.54. The van der Waals surface area contributed by atoms with Crippen LogP contribution in [0, 0.1) is 5.82 Å². The minimum Gasteiger partial charge on any atom is -0.472 e. The Labute approximate surface area is 153 Å². The smallest absolute Gasteiger partial charge is 0.160 e. The number of carbonyl (C=O) groups excluding carboxylic acids is 1. The van der Waals surface area contributed by atoms with Gasteiger partial charge < -0.3 is 10.2 Å². The van der Waals surface area contributed by atoms with Crippen LogP contribution in [0.15, 0.2) is 44.6 Å². The first-order chi connectivity index (χ1) is 12.0. The van der Waals surface area contributed by atoms with E-state index < -0.39 is 5.82 Å². The van der Waals surface area contributed by atoms with Gasteiger partial charge in [-0.1, -0.05) is 0 Å². The number of nitrogens with two attached hydrogens (primary N) is 1. The molecule has 2 rings (SSSR count). The van der Waals surface area contributed by atoms with E-state index in [2.05, 4.69) is 20.9 Å². The Morgan fingerprint density at radius 3 is 2.84 bits per heavy atom. The number of Topliss-reactive ketones (excluding diaryl/α,β-unsaturated/α-hetero) is 1. The molecule has 0 saturated carbocycles. The molecule has 25 heavy (non-hydrogen) atoms. The fraction of sp³-hybridized carbons (Fsp3) is 0.294. The first-order valence-corrected chi connectivity index (χ1v) is 8.55. The molecule has 4 N–H and O–H groups in total. The van der Waals surface area contributed by atoms with Gasteiger partial charge >= 0.3 is 0 Å². The lowest BCUT2D eigenvalue weighted by molar-refractivity contribution is -0.118. The second-order valence-electron chi connectivity index (χ2n) is 5.44. The van der Waals surface area contributed by atoms with Crippen molar-refractivity contribution in [2.45, 2.75) is 25.7 Å². The molecule has 0 aliphatic rings. The number of ketones is 1. The van der Waals surface area contributed by atoms with Crippen LogP contribution in [0.2, 0.25) is 0 Å². The van der Waals surface area contributed by atoms with Gasteiger partial charge in [-0.2, -0.15) is 0 Å². The lowest BCUT2D eigenvalue weighted by Crippen LogP contribution is -2.21. The maximum atomic E-state index is 13.3. The Morgan fingerprint density at radius 2 is 2.16 bits per heavy atom. The highest BCUT2D eigenvalue weighted by Crippen LogP contribution is 2.23. The number of carbonyl (C=O) groups is 1. The van der Waals surface area contributed by atoms with E-state index in [9.17, 15) is 14.4 Å². The average Bonchev–Trinajstić information content (AvgIpc) is 3.04. The van der Waals surface area contributed by atoms with Crippen molar-refractivity contribution in [1.29, 1.82) is 0 Å². The maximum absolute atomic E-state index is 13.3. The van der Waals surface area contributed by atoms with Gasteiger partial charge in [0.2, 0.25) is 0 Å². The van der Waals surface area contributed by atoms with Crippen LogP contribution >= 0.6 is 15.9 Å². The van der Waals surface area contributed by atoms with E-state index in [1.165, 1.54) is 30.7 Å². The zero-order valence-electron chi connectivity index (χ0n) is 13.5. The lowest BCUT2D eigenvalue weighted by atomic mass is 10.0. The van der Waals surface area contributed by atoms with Crippen LogP contribution in [-0.4, -0.2) is 23.4 Å². The zero-order chi connectivity index (χ0) is 18.2. The molecule has 0 unspecified atom stereocenters. The standard InChI is InChI=1S/C17H19BrFN3O3/c18-15-8-12(4-5-16(15)19)21-17(22-24)14-10-25-9-11(14)7-13(23)3-1-2-6-20/h4-5,8-10,24H,1-3,6-7,20H2,(H,21,22). The topological polar surface area (TPSA) is 101 Å². The summed E-state index contributed by atoms with van der Waals surface area (Å²) in [5, 5.41) is 9.41. The predicted octanol–water partition coefficient (Wildman–Crippen LogP) is 3.48. The molecule has 8 heteroatoms. The van der Waals surface area contributed by atoms with Gasteiger partial charge in [-0.3, -0.25) is 15.5 Å². The third kappa shape index (κ3) is 5.48. The molecule has 1 heterocycles. The summed E-state index contributed by atoms with van der Waals surface area (Å²) in [5.41, 5.74) is 8.93. The van der Waals surface area contributed by atoms with Gasteiger partial charge in [-0.15, -0.1) is 0 Å². The second-order valence-corrected chi connectivity index (χ2v) is 6.30. The van der Waals surface area contributed by atoms with Crippen LogP contribution in [-0.2, 0) is 11.2 Å². The van der Waals surface area contributed by atoms with Crippen LogP contribution in [0.25, 0.3) is 0 Å². The summed E-state index contributed by atoms with van der Waals surface area (Å²) in [5.74, 6) is -0.250. The highest BCUT2D eigenvalue weighted by atomic mass is 79.9. The summed E-state index contributed by atoms with van der Waals surface area (Å²) in [7, 11) is 0. The molecule has 134 valence electrons. The number of nitrogens with zero attached hydrogens (tertiary/aromatic N) is 1. The van der Waals surface area contributed by atoms with E-state index in [0.717, 1.165) is 12.8 Å². The average molecular weight is 412 g/mol. The van der Waals surface area contributed by atoms with Crippen LogP contribution < -0.4 is 11.2 Å². The number of hydrogen-bond donors (Lipinski definition) is 3. The van der Waals surface area contributed by atoms with Crippen molar-refractivity contribution in [2.75, 3.05) is 6.54 Å². The number of rotatable bonds is 8. The summed E-state index contributed by atoms with van der Waals surface area (Å²) in [6, 6.07) is 4.20. The van der Waals surface area contributed by atoms with E-state index in [1.807, 2.05) is 5.48 Å². The SMILES string of the molecule is NCCCCC(=O)Cc1cocc1C(=Nc1ccc(F)c(Br)c1)NO. The van der Waals surface area contributed by atoms with Gasteiger partial charge in [-0.25, -0.2) is 9.38 Å². The van der Waals surface area contributed by atoms with Crippen molar-refractivity contribution in [3.05, 3.63) is 52.1 Å². The Hall–Kier alpha value is -2.03. The van der Waals surface area contributed by atoms with Crippen LogP contribution in [0.4, 0.5) is 10.1 Å². The number of amidine groups is 1. The highest BCUT2D eigenvalue weighted by Gasteiger charge is 2.15. The number of aliphatic imine (C=N–C) groups is 1. The molecule has 0 aliphatic heterocycles. The van der Waals surface area contributed by atoms with Crippen LogP contribution in [0.5, 0.6) is 0 Å². The predicted molar refractivity (Wildman–Crippen MR) is 95.5 cm³/mol. The van der Waals surface area contributed by atoms with Gasteiger partial charge in [-0.05, 0) is 53.5 Å². The zero-order valence-corrected chi connectivity index (χ0v) is 15.1. The van der Waals surface area contributed by atoms with Gasteiger partial charge in [0.25, 0.3) is 0 Å². The minimum atomic E-state index is -0.412. The number of unbranched alkanes of at least 4 members (excludes halogenated alkanes) is 1. The van der Waals surface area contributed by atoms with Gasteiger partial charge in [0.05, 0.1) is 22.0 Å².